The highest BCUT2D eigenvalue weighted by atomic mass is 35.5. The van der Waals surface area contributed by atoms with Crippen molar-refractivity contribution in [3.63, 3.8) is 0 Å². The van der Waals surface area contributed by atoms with Crippen LogP contribution in [0.4, 0.5) is 18.9 Å². The molecular formula is C23H13Cl2F3N2O5. The van der Waals surface area contributed by atoms with Crippen LogP contribution in [-0.4, -0.2) is 22.8 Å². The number of nitrogens with zero attached hydrogens (tertiary/aromatic N) is 2. The Kier molecular flexibility index (Phi) is 6.44. The number of halogens is 5. The van der Waals surface area contributed by atoms with E-state index < -0.39 is 34.8 Å². The fourth-order valence-electron chi connectivity index (χ4n) is 3.53. The first-order valence-corrected chi connectivity index (χ1v) is 10.6. The van der Waals surface area contributed by atoms with E-state index in [1.807, 2.05) is 0 Å². The van der Waals surface area contributed by atoms with Gasteiger partial charge in [0.15, 0.2) is 0 Å². The smallest absolute Gasteiger partial charge is 0.423 e. The third-order valence-electron chi connectivity index (χ3n) is 5.23. The third-order valence-corrected chi connectivity index (χ3v) is 5.67. The van der Waals surface area contributed by atoms with E-state index in [4.69, 9.17) is 32.8 Å². The minimum absolute atomic E-state index is 0.00463. The first-order valence-electron chi connectivity index (χ1n) is 9.84. The molecule has 0 saturated heterocycles. The van der Waals surface area contributed by atoms with Gasteiger partial charge in [-0.2, -0.15) is 13.2 Å². The van der Waals surface area contributed by atoms with Crippen LogP contribution in [0.5, 0.6) is 5.75 Å². The first kappa shape index (κ1) is 24.5. The van der Waals surface area contributed by atoms with Gasteiger partial charge in [-0.15, -0.1) is 0 Å². The number of benzene rings is 3. The molecule has 0 amide bonds. The lowest BCUT2D eigenvalue weighted by atomic mass is 9.86. The topological polar surface area (TPSA) is 91.0 Å². The monoisotopic (exact) mass is 524 g/mol. The normalized spacial score (nSPS) is 17.5. The van der Waals surface area contributed by atoms with Crippen molar-refractivity contribution in [2.75, 3.05) is 0 Å². The van der Waals surface area contributed by atoms with Crippen LogP contribution in [0.25, 0.3) is 0 Å². The molecule has 12 heteroatoms. The fourth-order valence-corrected chi connectivity index (χ4v) is 4.05. The largest absolute Gasteiger partial charge is 0.435 e. The van der Waals surface area contributed by atoms with Crippen LogP contribution >= 0.6 is 23.2 Å². The second-order valence-corrected chi connectivity index (χ2v) is 8.35. The first-order chi connectivity index (χ1) is 16.5. The summed E-state index contributed by atoms with van der Waals surface area (Å²) >= 11 is 11.8. The van der Waals surface area contributed by atoms with Crippen molar-refractivity contribution in [3.8, 4) is 5.75 Å². The van der Waals surface area contributed by atoms with Crippen molar-refractivity contribution in [2.24, 2.45) is 5.16 Å². The highest BCUT2D eigenvalue weighted by Gasteiger charge is 2.62. The Bertz CT molecular complexity index is 1330. The molecule has 3 aromatic carbocycles. The predicted molar refractivity (Wildman–Crippen MR) is 121 cm³/mol. The number of nitro benzene ring substituents is 1. The van der Waals surface area contributed by atoms with Crippen LogP contribution in [0.2, 0.25) is 10.0 Å². The molecule has 1 aliphatic heterocycles. The number of esters is 1. The van der Waals surface area contributed by atoms with Crippen LogP contribution in [-0.2, 0) is 10.4 Å². The Labute approximate surface area is 205 Å². The van der Waals surface area contributed by atoms with Crippen molar-refractivity contribution in [1.82, 2.24) is 0 Å². The number of para-hydroxylation sites is 1. The number of carbonyl (C=O) groups excluding carboxylic acids is 1. The van der Waals surface area contributed by atoms with Crippen molar-refractivity contribution in [3.05, 3.63) is 104 Å². The highest BCUT2D eigenvalue weighted by molar-refractivity contribution is 6.34. The summed E-state index contributed by atoms with van der Waals surface area (Å²) in [5.74, 6) is -0.930. The lowest BCUT2D eigenvalue weighted by Crippen LogP contribution is -2.42. The summed E-state index contributed by atoms with van der Waals surface area (Å²) in [6.45, 7) is 0. The molecular weight excluding hydrogens is 512 g/mol. The van der Waals surface area contributed by atoms with Crippen LogP contribution in [0.1, 0.15) is 27.9 Å². The number of ether oxygens (including phenoxy) is 1. The quantitative estimate of drug-likeness (QED) is 0.160. The summed E-state index contributed by atoms with van der Waals surface area (Å²) < 4.78 is 47.5. The van der Waals surface area contributed by atoms with Crippen LogP contribution in [0.3, 0.4) is 0 Å². The van der Waals surface area contributed by atoms with Gasteiger partial charge in [-0.1, -0.05) is 40.5 Å². The molecule has 0 fully saturated rings. The summed E-state index contributed by atoms with van der Waals surface area (Å²) in [5.41, 5.74) is -3.46. The predicted octanol–water partition coefficient (Wildman–Crippen LogP) is 6.70. The summed E-state index contributed by atoms with van der Waals surface area (Å²) in [7, 11) is 0. The Morgan fingerprint density at radius 2 is 1.69 bits per heavy atom. The van der Waals surface area contributed by atoms with Gasteiger partial charge in [0, 0.05) is 28.1 Å². The van der Waals surface area contributed by atoms with Gasteiger partial charge in [-0.3, -0.25) is 10.1 Å². The Balaban J connectivity index is 1.55. The van der Waals surface area contributed by atoms with Gasteiger partial charge in [0.2, 0.25) is 0 Å². The zero-order valence-electron chi connectivity index (χ0n) is 17.4. The standard InChI is InChI=1S/C23H13Cl2F3N2O5/c24-15-9-14(10-16(25)11-15)22(23(26,27)28)12-19(29-35-22)13-5-7-17(8-6-13)34-21(31)18-3-1-2-4-20(18)30(32)33/h1-11H,12H2. The SMILES string of the molecule is O=C(Oc1ccc(C2=NOC(c3cc(Cl)cc(Cl)c3)(C(F)(F)F)C2)cc1)c1ccccc1[N+](=O)[O-]. The molecule has 3 aromatic rings. The van der Waals surface area contributed by atoms with E-state index in [-0.39, 0.29) is 38.2 Å². The van der Waals surface area contributed by atoms with Crippen molar-refractivity contribution in [2.45, 2.75) is 18.2 Å². The molecule has 0 N–H and O–H groups in total. The maximum absolute atomic E-state index is 14.1. The maximum atomic E-state index is 14.1. The third kappa shape index (κ3) is 4.80. The van der Waals surface area contributed by atoms with Crippen molar-refractivity contribution in [1.29, 1.82) is 0 Å². The van der Waals surface area contributed by atoms with E-state index in [9.17, 15) is 28.1 Å². The van der Waals surface area contributed by atoms with Gasteiger partial charge >= 0.3 is 12.1 Å². The highest BCUT2D eigenvalue weighted by Crippen LogP contribution is 2.49. The van der Waals surface area contributed by atoms with E-state index in [1.165, 1.54) is 48.5 Å². The molecule has 1 atom stereocenters. The van der Waals surface area contributed by atoms with E-state index in [1.54, 1.807) is 0 Å². The molecule has 1 aliphatic rings. The zero-order chi connectivity index (χ0) is 25.4. The molecule has 4 rings (SSSR count). The summed E-state index contributed by atoms with van der Waals surface area (Å²) in [6, 6.07) is 14.2. The molecule has 35 heavy (non-hydrogen) atoms. The van der Waals surface area contributed by atoms with E-state index in [0.29, 0.717) is 0 Å². The molecule has 0 aliphatic carbocycles. The molecule has 0 radical (unpaired) electrons. The number of carbonyl (C=O) groups is 1. The van der Waals surface area contributed by atoms with Gasteiger partial charge in [0.1, 0.15) is 11.3 Å². The van der Waals surface area contributed by atoms with Gasteiger partial charge in [0.25, 0.3) is 11.3 Å². The second-order valence-electron chi connectivity index (χ2n) is 7.48. The van der Waals surface area contributed by atoms with Crippen LogP contribution in [0.15, 0.2) is 71.9 Å². The average Bonchev–Trinajstić information content (AvgIpc) is 3.26. The number of nitro groups is 1. The Morgan fingerprint density at radius 3 is 2.29 bits per heavy atom. The molecule has 0 bridgehead atoms. The minimum atomic E-state index is -4.84. The zero-order valence-corrected chi connectivity index (χ0v) is 18.9. The van der Waals surface area contributed by atoms with Gasteiger partial charge in [-0.25, -0.2) is 4.79 Å². The molecule has 7 nitrogen and oxygen atoms in total. The Hall–Kier alpha value is -3.63. The van der Waals surface area contributed by atoms with Gasteiger partial charge in [-0.05, 0) is 54.1 Å². The molecule has 1 heterocycles. The minimum Gasteiger partial charge on any atom is -0.423 e. The summed E-state index contributed by atoms with van der Waals surface area (Å²) in [6.07, 6.45) is -5.49. The lowest BCUT2D eigenvalue weighted by molar-refractivity contribution is -0.385. The number of hydrogen-bond acceptors (Lipinski definition) is 6. The van der Waals surface area contributed by atoms with Crippen molar-refractivity contribution >= 4 is 40.6 Å². The summed E-state index contributed by atoms with van der Waals surface area (Å²) in [4.78, 5) is 27.7. The molecule has 0 spiro atoms. The number of hydrogen-bond donors (Lipinski definition) is 0. The second kappa shape index (κ2) is 9.20. The number of oxime groups is 1. The van der Waals surface area contributed by atoms with Crippen LogP contribution in [0, 0.1) is 10.1 Å². The lowest BCUT2D eigenvalue weighted by Gasteiger charge is -2.29. The molecule has 0 aromatic heterocycles. The molecule has 180 valence electrons. The number of rotatable bonds is 5. The van der Waals surface area contributed by atoms with E-state index in [2.05, 4.69) is 5.16 Å². The molecule has 0 saturated carbocycles. The summed E-state index contributed by atoms with van der Waals surface area (Å²) in [5, 5.41) is 14.8. The Morgan fingerprint density at radius 1 is 1.06 bits per heavy atom. The van der Waals surface area contributed by atoms with Crippen LogP contribution < -0.4 is 4.74 Å². The molecule has 1 unspecified atom stereocenters. The van der Waals surface area contributed by atoms with Gasteiger partial charge in [0.05, 0.1) is 10.6 Å². The average molecular weight is 525 g/mol. The maximum Gasteiger partial charge on any atom is 0.435 e. The van der Waals surface area contributed by atoms with E-state index in [0.717, 1.165) is 18.2 Å². The van der Waals surface area contributed by atoms with Gasteiger partial charge < -0.3 is 9.57 Å². The fraction of sp³-hybridized carbons (Fsp3) is 0.130. The van der Waals surface area contributed by atoms with E-state index >= 15 is 0 Å². The number of alkyl halides is 3. The van der Waals surface area contributed by atoms with Crippen molar-refractivity contribution < 1.29 is 32.5 Å².